The van der Waals surface area contributed by atoms with Crippen LogP contribution in [0.2, 0.25) is 5.02 Å². The van der Waals surface area contributed by atoms with Gasteiger partial charge in [-0.3, -0.25) is 4.79 Å². The fourth-order valence-corrected chi connectivity index (χ4v) is 2.80. The Morgan fingerprint density at radius 1 is 1.17 bits per heavy atom. The topological polar surface area (TPSA) is 47.6 Å². The molecule has 0 heterocycles. The molecule has 6 heteroatoms. The van der Waals surface area contributed by atoms with Crippen molar-refractivity contribution in [2.24, 2.45) is 0 Å². The second-order valence-corrected chi connectivity index (χ2v) is 6.19. The number of halogens is 2. The molecule has 0 aliphatic rings. The number of carbonyl (C=O) groups excluding carboxylic acids is 1. The number of rotatable bonds is 6. The normalized spacial score (nSPS) is 10.3. The number of ether oxygens (including phenoxy) is 2. The first-order valence-corrected chi connectivity index (χ1v) is 8.16. The zero-order valence-electron chi connectivity index (χ0n) is 12.9. The molecule has 0 aliphatic heterocycles. The summed E-state index contributed by atoms with van der Waals surface area (Å²) < 4.78 is 11.4. The lowest BCUT2D eigenvalue weighted by Crippen LogP contribution is -2.13. The van der Waals surface area contributed by atoms with Gasteiger partial charge < -0.3 is 14.8 Å². The van der Waals surface area contributed by atoms with Crippen molar-refractivity contribution in [1.82, 2.24) is 0 Å². The molecule has 0 spiro atoms. The van der Waals surface area contributed by atoms with Crippen LogP contribution in [-0.2, 0) is 11.2 Å². The molecule has 1 amide bonds. The van der Waals surface area contributed by atoms with Crippen LogP contribution in [0.3, 0.4) is 0 Å². The molecule has 0 saturated heterocycles. The van der Waals surface area contributed by atoms with Crippen molar-refractivity contribution in [2.75, 3.05) is 19.5 Å². The van der Waals surface area contributed by atoms with E-state index in [9.17, 15) is 4.79 Å². The lowest BCUT2D eigenvalue weighted by molar-refractivity contribution is -0.116. The summed E-state index contributed by atoms with van der Waals surface area (Å²) in [6, 6.07) is 11.2. The van der Waals surface area contributed by atoms with Crippen LogP contribution < -0.4 is 14.8 Å². The number of methoxy groups -OCH3 is 2. The van der Waals surface area contributed by atoms with Gasteiger partial charge in [-0.25, -0.2) is 0 Å². The number of hydrogen-bond donors (Lipinski definition) is 1. The van der Waals surface area contributed by atoms with Crippen molar-refractivity contribution in [3.05, 3.63) is 51.5 Å². The molecule has 2 aromatic carbocycles. The summed E-state index contributed by atoms with van der Waals surface area (Å²) >= 11 is 9.47. The number of nitrogens with one attached hydrogen (secondary N) is 1. The molecule has 0 fully saturated rings. The number of aryl methyl sites for hydroxylation is 1. The molecule has 1 N–H and O–H groups in total. The van der Waals surface area contributed by atoms with Crippen molar-refractivity contribution in [1.29, 1.82) is 0 Å². The van der Waals surface area contributed by atoms with E-state index in [2.05, 4.69) is 21.2 Å². The quantitative estimate of drug-likeness (QED) is 0.768. The van der Waals surface area contributed by atoms with E-state index < -0.39 is 0 Å². The second kappa shape index (κ2) is 8.22. The van der Waals surface area contributed by atoms with Crippen LogP contribution in [0.1, 0.15) is 12.0 Å². The van der Waals surface area contributed by atoms with Crippen LogP contribution in [0, 0.1) is 0 Å². The van der Waals surface area contributed by atoms with Gasteiger partial charge in [0.05, 0.1) is 24.9 Å². The second-order valence-electron chi connectivity index (χ2n) is 4.87. The molecule has 0 aliphatic carbocycles. The molecule has 2 aromatic rings. The van der Waals surface area contributed by atoms with E-state index >= 15 is 0 Å². The Balaban J connectivity index is 2.05. The molecule has 2 rings (SSSR count). The molecule has 0 saturated carbocycles. The standard InChI is InChI=1S/C17H17BrClNO3/c1-22-15-10-14(16(23-2)9-13(15)19)20-17(21)7-6-11-4-3-5-12(18)8-11/h3-5,8-10H,6-7H2,1-2H3,(H,20,21). The van der Waals surface area contributed by atoms with Gasteiger partial charge in [-0.05, 0) is 24.1 Å². The van der Waals surface area contributed by atoms with E-state index in [0.717, 1.165) is 10.0 Å². The molecule has 0 atom stereocenters. The number of benzene rings is 2. The Labute approximate surface area is 148 Å². The highest BCUT2D eigenvalue weighted by Gasteiger charge is 2.12. The van der Waals surface area contributed by atoms with E-state index in [-0.39, 0.29) is 5.91 Å². The fraction of sp³-hybridized carbons (Fsp3) is 0.235. The van der Waals surface area contributed by atoms with Gasteiger partial charge in [-0.15, -0.1) is 0 Å². The molecule has 0 radical (unpaired) electrons. The minimum absolute atomic E-state index is 0.104. The molecule has 23 heavy (non-hydrogen) atoms. The lowest BCUT2D eigenvalue weighted by atomic mass is 10.1. The third-order valence-electron chi connectivity index (χ3n) is 3.28. The van der Waals surface area contributed by atoms with Crippen LogP contribution in [0.15, 0.2) is 40.9 Å². The van der Waals surface area contributed by atoms with Crippen molar-refractivity contribution in [3.63, 3.8) is 0 Å². The molecular formula is C17H17BrClNO3. The maximum absolute atomic E-state index is 12.2. The van der Waals surface area contributed by atoms with E-state index in [1.807, 2.05) is 24.3 Å². The van der Waals surface area contributed by atoms with Crippen molar-refractivity contribution in [2.45, 2.75) is 12.8 Å². The highest BCUT2D eigenvalue weighted by atomic mass is 79.9. The van der Waals surface area contributed by atoms with Crippen molar-refractivity contribution >= 4 is 39.1 Å². The van der Waals surface area contributed by atoms with Crippen LogP contribution in [-0.4, -0.2) is 20.1 Å². The van der Waals surface area contributed by atoms with Crippen LogP contribution in [0.25, 0.3) is 0 Å². The Hall–Kier alpha value is -1.72. The average molecular weight is 399 g/mol. The summed E-state index contributed by atoms with van der Waals surface area (Å²) in [4.78, 5) is 12.2. The molecule has 0 unspecified atom stereocenters. The van der Waals surface area contributed by atoms with Crippen molar-refractivity contribution < 1.29 is 14.3 Å². The number of carbonyl (C=O) groups is 1. The summed E-state index contributed by atoms with van der Waals surface area (Å²) in [5.74, 6) is 0.869. The molecule has 0 bridgehead atoms. The number of anilines is 1. The van der Waals surface area contributed by atoms with E-state index in [0.29, 0.717) is 35.1 Å². The maximum atomic E-state index is 12.2. The lowest BCUT2D eigenvalue weighted by Gasteiger charge is -2.13. The Morgan fingerprint density at radius 3 is 2.57 bits per heavy atom. The van der Waals surface area contributed by atoms with Gasteiger partial charge in [0.25, 0.3) is 0 Å². The molecular weight excluding hydrogens is 382 g/mol. The summed E-state index contributed by atoms with van der Waals surface area (Å²) in [5, 5.41) is 3.26. The number of amides is 1. The minimum Gasteiger partial charge on any atom is -0.495 e. The largest absolute Gasteiger partial charge is 0.495 e. The zero-order valence-corrected chi connectivity index (χ0v) is 15.2. The smallest absolute Gasteiger partial charge is 0.224 e. The Bertz CT molecular complexity index is 706. The SMILES string of the molecule is COc1cc(NC(=O)CCc2cccc(Br)c2)c(OC)cc1Cl. The average Bonchev–Trinajstić information content (AvgIpc) is 2.54. The first-order valence-electron chi connectivity index (χ1n) is 6.99. The first-order chi connectivity index (χ1) is 11.0. The molecule has 0 aromatic heterocycles. The minimum atomic E-state index is -0.104. The van der Waals surface area contributed by atoms with Gasteiger partial charge in [0.2, 0.25) is 5.91 Å². The summed E-state index contributed by atoms with van der Waals surface area (Å²) in [6.45, 7) is 0. The van der Waals surface area contributed by atoms with Gasteiger partial charge in [-0.2, -0.15) is 0 Å². The van der Waals surface area contributed by atoms with Gasteiger partial charge in [0, 0.05) is 23.0 Å². The highest BCUT2D eigenvalue weighted by Crippen LogP contribution is 2.35. The monoisotopic (exact) mass is 397 g/mol. The van der Waals surface area contributed by atoms with E-state index in [4.69, 9.17) is 21.1 Å². The van der Waals surface area contributed by atoms with Crippen LogP contribution >= 0.6 is 27.5 Å². The predicted octanol–water partition coefficient (Wildman–Crippen LogP) is 4.69. The third-order valence-corrected chi connectivity index (χ3v) is 4.07. The van der Waals surface area contributed by atoms with Crippen molar-refractivity contribution in [3.8, 4) is 11.5 Å². The Kier molecular flexibility index (Phi) is 6.30. The van der Waals surface area contributed by atoms with Gasteiger partial charge >= 0.3 is 0 Å². The van der Waals surface area contributed by atoms with Gasteiger partial charge in [-0.1, -0.05) is 39.7 Å². The van der Waals surface area contributed by atoms with Crippen LogP contribution in [0.5, 0.6) is 11.5 Å². The number of hydrogen-bond acceptors (Lipinski definition) is 3. The van der Waals surface area contributed by atoms with E-state index in [1.165, 1.54) is 14.2 Å². The van der Waals surface area contributed by atoms with Crippen LogP contribution in [0.4, 0.5) is 5.69 Å². The third kappa shape index (κ3) is 4.88. The predicted molar refractivity (Wildman–Crippen MR) is 95.6 cm³/mol. The fourth-order valence-electron chi connectivity index (χ4n) is 2.12. The molecule has 4 nitrogen and oxygen atoms in total. The maximum Gasteiger partial charge on any atom is 0.224 e. The van der Waals surface area contributed by atoms with E-state index in [1.54, 1.807) is 12.1 Å². The van der Waals surface area contributed by atoms with Gasteiger partial charge in [0.15, 0.2) is 0 Å². The van der Waals surface area contributed by atoms with Gasteiger partial charge in [0.1, 0.15) is 11.5 Å². The highest BCUT2D eigenvalue weighted by molar-refractivity contribution is 9.10. The zero-order chi connectivity index (χ0) is 16.8. The Morgan fingerprint density at radius 2 is 1.91 bits per heavy atom. The molecule has 122 valence electrons. The summed E-state index contributed by atoms with van der Waals surface area (Å²) in [5.41, 5.74) is 1.63. The first kappa shape index (κ1) is 17.6. The summed E-state index contributed by atoms with van der Waals surface area (Å²) in [7, 11) is 3.04. The summed E-state index contributed by atoms with van der Waals surface area (Å²) in [6.07, 6.45) is 1.02.